The predicted octanol–water partition coefficient (Wildman–Crippen LogP) is 4.90. The van der Waals surface area contributed by atoms with Crippen LogP contribution in [0.5, 0.6) is 0 Å². The number of aryl methyl sites for hydroxylation is 1. The maximum atomic E-state index is 15.5. The molecule has 138 valence electrons. The third-order valence-electron chi connectivity index (χ3n) is 5.00. The Balaban J connectivity index is 2.25. The van der Waals surface area contributed by atoms with Gasteiger partial charge in [0.1, 0.15) is 5.82 Å². The van der Waals surface area contributed by atoms with Crippen molar-refractivity contribution in [1.82, 2.24) is 5.32 Å². The maximum Gasteiger partial charge on any atom is 0.154 e. The second-order valence-electron chi connectivity index (χ2n) is 6.73. The number of rotatable bonds is 5. The molecule has 1 heterocycles. The molecule has 2 aromatic carbocycles. The molecule has 0 bridgehead atoms. The minimum atomic E-state index is -0.435. The lowest BCUT2D eigenvalue weighted by Crippen LogP contribution is -2.26. The molecule has 4 N–H and O–H groups in total. The van der Waals surface area contributed by atoms with Crippen LogP contribution in [0.15, 0.2) is 30.1 Å². The Hall–Kier alpha value is -2.56. The molecule has 5 heteroatoms. The maximum absolute atomic E-state index is 15.5. The first kappa shape index (κ1) is 18.2. The van der Waals surface area contributed by atoms with Crippen molar-refractivity contribution in [3.63, 3.8) is 0 Å². The van der Waals surface area contributed by atoms with E-state index in [4.69, 9.17) is 5.73 Å². The molecule has 1 aliphatic heterocycles. The van der Waals surface area contributed by atoms with Gasteiger partial charge in [-0.3, -0.25) is 0 Å². The van der Waals surface area contributed by atoms with E-state index >= 15 is 4.39 Å². The highest BCUT2D eigenvalue weighted by Gasteiger charge is 2.24. The van der Waals surface area contributed by atoms with Gasteiger partial charge in [0.25, 0.3) is 0 Å². The van der Waals surface area contributed by atoms with Crippen LogP contribution in [-0.4, -0.2) is 6.04 Å². The summed E-state index contributed by atoms with van der Waals surface area (Å²) in [6.45, 7) is 6.39. The first-order valence-electron chi connectivity index (χ1n) is 9.04. The molecule has 1 aliphatic rings. The Morgan fingerprint density at radius 3 is 2.62 bits per heavy atom. The fourth-order valence-corrected chi connectivity index (χ4v) is 3.44. The molecule has 0 saturated carbocycles. The summed E-state index contributed by atoms with van der Waals surface area (Å²) in [6.07, 6.45) is 3.47. The minimum Gasteiger partial charge on any atom is -0.386 e. The van der Waals surface area contributed by atoms with Crippen LogP contribution in [0.4, 0.5) is 14.5 Å². The van der Waals surface area contributed by atoms with Gasteiger partial charge in [-0.15, -0.1) is 0 Å². The number of benzene rings is 2. The molecule has 0 fully saturated rings. The Morgan fingerprint density at radius 2 is 1.96 bits per heavy atom. The zero-order chi connectivity index (χ0) is 18.8. The van der Waals surface area contributed by atoms with Crippen LogP contribution in [-0.2, 0) is 6.54 Å². The molecule has 0 aliphatic carbocycles. The number of hydrogen-bond donors (Lipinski definition) is 3. The smallest absolute Gasteiger partial charge is 0.154 e. The highest BCUT2D eigenvalue weighted by Crippen LogP contribution is 2.38. The molecule has 3 nitrogen and oxygen atoms in total. The van der Waals surface area contributed by atoms with E-state index in [9.17, 15) is 4.39 Å². The standard InChI is InChI=1S/C21H25F2N3/c1-4-14(5-2)26-21-15-10-18(24)25-11-13(15)9-16(20(21)23)19-12(3)7-6-8-17(19)22/h6-10,14,25-26H,4-5,11,24H2,1-3H3. The lowest BCUT2D eigenvalue weighted by atomic mass is 9.92. The zero-order valence-corrected chi connectivity index (χ0v) is 15.4. The van der Waals surface area contributed by atoms with E-state index in [2.05, 4.69) is 24.5 Å². The summed E-state index contributed by atoms with van der Waals surface area (Å²) >= 11 is 0. The van der Waals surface area contributed by atoms with Gasteiger partial charge in [0, 0.05) is 29.3 Å². The van der Waals surface area contributed by atoms with Gasteiger partial charge in [-0.05, 0) is 49.1 Å². The SMILES string of the molecule is CCC(CC)Nc1c(F)c(-c2c(C)cccc2F)cc2c1C=C(N)NC2. The van der Waals surface area contributed by atoms with Crippen LogP contribution in [0.2, 0.25) is 0 Å². The summed E-state index contributed by atoms with van der Waals surface area (Å²) in [5.41, 5.74) is 9.23. The number of hydrogen-bond acceptors (Lipinski definition) is 3. The van der Waals surface area contributed by atoms with Crippen molar-refractivity contribution in [2.45, 2.75) is 46.2 Å². The Bertz CT molecular complexity index is 835. The molecular weight excluding hydrogens is 332 g/mol. The van der Waals surface area contributed by atoms with Gasteiger partial charge in [0.15, 0.2) is 5.82 Å². The van der Waals surface area contributed by atoms with Crippen LogP contribution >= 0.6 is 0 Å². The number of halogens is 2. The number of nitrogens with two attached hydrogens (primary N) is 1. The molecule has 0 unspecified atom stereocenters. The summed E-state index contributed by atoms with van der Waals surface area (Å²) < 4.78 is 30.0. The summed E-state index contributed by atoms with van der Waals surface area (Å²) in [4.78, 5) is 0. The molecule has 0 amide bonds. The van der Waals surface area contributed by atoms with Crippen LogP contribution in [0.3, 0.4) is 0 Å². The second kappa shape index (κ2) is 7.36. The fraction of sp³-hybridized carbons (Fsp3) is 0.333. The average Bonchev–Trinajstić information content (AvgIpc) is 2.62. The van der Waals surface area contributed by atoms with Gasteiger partial charge in [-0.25, -0.2) is 8.78 Å². The highest BCUT2D eigenvalue weighted by molar-refractivity contribution is 5.81. The van der Waals surface area contributed by atoms with Crippen molar-refractivity contribution >= 4 is 11.8 Å². The van der Waals surface area contributed by atoms with Gasteiger partial charge in [-0.1, -0.05) is 26.0 Å². The van der Waals surface area contributed by atoms with Crippen LogP contribution in [0.1, 0.15) is 43.4 Å². The van der Waals surface area contributed by atoms with Crippen molar-refractivity contribution in [2.75, 3.05) is 5.32 Å². The van der Waals surface area contributed by atoms with E-state index < -0.39 is 11.6 Å². The van der Waals surface area contributed by atoms with E-state index in [1.165, 1.54) is 6.07 Å². The molecule has 2 aromatic rings. The Labute approximate surface area is 153 Å². The largest absolute Gasteiger partial charge is 0.386 e. The van der Waals surface area contributed by atoms with Crippen LogP contribution < -0.4 is 16.4 Å². The first-order valence-corrected chi connectivity index (χ1v) is 9.04. The Morgan fingerprint density at radius 1 is 1.23 bits per heavy atom. The quantitative estimate of drug-likeness (QED) is 0.713. The van der Waals surface area contributed by atoms with Crippen LogP contribution in [0.25, 0.3) is 17.2 Å². The number of nitrogens with one attached hydrogen (secondary N) is 2. The van der Waals surface area contributed by atoms with Crippen molar-refractivity contribution in [3.05, 3.63) is 58.4 Å². The third-order valence-corrected chi connectivity index (χ3v) is 5.00. The topological polar surface area (TPSA) is 50.1 Å². The Kier molecular flexibility index (Phi) is 5.16. The van der Waals surface area contributed by atoms with Gasteiger partial charge in [0.2, 0.25) is 0 Å². The van der Waals surface area contributed by atoms with E-state index in [0.717, 1.165) is 24.0 Å². The van der Waals surface area contributed by atoms with Crippen LogP contribution in [0, 0.1) is 18.6 Å². The molecule has 3 rings (SSSR count). The monoisotopic (exact) mass is 357 g/mol. The summed E-state index contributed by atoms with van der Waals surface area (Å²) in [5.74, 6) is -0.356. The molecule has 0 saturated heterocycles. The van der Waals surface area contributed by atoms with E-state index in [-0.39, 0.29) is 11.6 Å². The molecule has 0 atom stereocenters. The van der Waals surface area contributed by atoms with Gasteiger partial charge in [-0.2, -0.15) is 0 Å². The second-order valence-corrected chi connectivity index (χ2v) is 6.73. The predicted molar refractivity (Wildman–Crippen MR) is 104 cm³/mol. The van der Waals surface area contributed by atoms with Crippen molar-refractivity contribution < 1.29 is 8.78 Å². The van der Waals surface area contributed by atoms with Gasteiger partial charge >= 0.3 is 0 Å². The molecule has 0 radical (unpaired) electrons. The normalized spacial score (nSPS) is 13.2. The fourth-order valence-electron chi connectivity index (χ4n) is 3.44. The minimum absolute atomic E-state index is 0.134. The van der Waals surface area contributed by atoms with E-state index in [1.807, 2.05) is 0 Å². The zero-order valence-electron chi connectivity index (χ0n) is 15.4. The number of anilines is 1. The third kappa shape index (κ3) is 3.26. The lowest BCUT2D eigenvalue weighted by molar-refractivity contribution is 0.607. The summed E-state index contributed by atoms with van der Waals surface area (Å²) in [6, 6.07) is 6.66. The summed E-state index contributed by atoms with van der Waals surface area (Å²) in [5, 5.41) is 6.39. The lowest BCUT2D eigenvalue weighted by Gasteiger charge is -2.25. The molecular formula is C21H25F2N3. The van der Waals surface area contributed by atoms with E-state index in [0.29, 0.717) is 29.2 Å². The first-order chi connectivity index (χ1) is 12.5. The van der Waals surface area contributed by atoms with Gasteiger partial charge < -0.3 is 16.4 Å². The highest BCUT2D eigenvalue weighted by atomic mass is 19.1. The number of fused-ring (bicyclic) bond motifs is 1. The molecule has 0 aromatic heterocycles. The van der Waals surface area contributed by atoms with E-state index in [1.54, 1.807) is 31.2 Å². The molecule has 0 spiro atoms. The van der Waals surface area contributed by atoms with Crippen molar-refractivity contribution in [2.24, 2.45) is 5.73 Å². The molecule has 26 heavy (non-hydrogen) atoms. The van der Waals surface area contributed by atoms with Crippen molar-refractivity contribution in [1.29, 1.82) is 0 Å². The average molecular weight is 357 g/mol. The summed E-state index contributed by atoms with van der Waals surface area (Å²) in [7, 11) is 0. The van der Waals surface area contributed by atoms with Crippen molar-refractivity contribution in [3.8, 4) is 11.1 Å². The van der Waals surface area contributed by atoms with Gasteiger partial charge in [0.05, 0.1) is 11.5 Å².